The van der Waals surface area contributed by atoms with Gasteiger partial charge >= 0.3 is 0 Å². The summed E-state index contributed by atoms with van der Waals surface area (Å²) in [4.78, 5) is 1.04. The second-order valence-corrected chi connectivity index (χ2v) is 3.66. The molecule has 2 nitrogen and oxygen atoms in total. The minimum Gasteiger partial charge on any atom is -0.507 e. The maximum Gasteiger partial charge on any atom is 0.124 e. The fraction of sp³-hybridized carbons (Fsp3) is 0.100. The normalized spacial score (nSPS) is 10.2. The van der Waals surface area contributed by atoms with Gasteiger partial charge in [0.15, 0.2) is 0 Å². The molecule has 0 unspecified atom stereocenters. The van der Waals surface area contributed by atoms with Crippen molar-refractivity contribution < 1.29 is 5.11 Å². The Bertz CT molecular complexity index is 422. The Morgan fingerprint density at radius 3 is 2.69 bits per heavy atom. The van der Waals surface area contributed by atoms with Gasteiger partial charge in [-0.1, -0.05) is 12.1 Å². The van der Waals surface area contributed by atoms with Gasteiger partial charge in [-0.25, -0.2) is 4.37 Å². The first-order valence-electron chi connectivity index (χ1n) is 3.98. The summed E-state index contributed by atoms with van der Waals surface area (Å²) >= 11 is 1.41. The second kappa shape index (κ2) is 3.18. The van der Waals surface area contributed by atoms with Crippen molar-refractivity contribution in [2.75, 3.05) is 0 Å². The van der Waals surface area contributed by atoms with E-state index in [0.29, 0.717) is 5.75 Å². The number of phenolic OH excluding ortho intramolecular Hbond substituents is 1. The lowest BCUT2D eigenvalue weighted by Gasteiger charge is -2.00. The number of aryl methyl sites for hydroxylation is 1. The molecular weight excluding hydrogens is 182 g/mol. The molecule has 66 valence electrons. The summed E-state index contributed by atoms with van der Waals surface area (Å²) in [6.45, 7) is 1.99. The number of hydrogen-bond donors (Lipinski definition) is 1. The van der Waals surface area contributed by atoms with E-state index >= 15 is 0 Å². The molecule has 0 aliphatic heterocycles. The Morgan fingerprint density at radius 2 is 2.08 bits per heavy atom. The first kappa shape index (κ1) is 8.26. The van der Waals surface area contributed by atoms with Gasteiger partial charge in [-0.15, -0.1) is 0 Å². The molecule has 1 heterocycles. The van der Waals surface area contributed by atoms with Crippen molar-refractivity contribution >= 4 is 11.5 Å². The molecule has 0 saturated heterocycles. The molecule has 1 aromatic heterocycles. The van der Waals surface area contributed by atoms with Gasteiger partial charge in [-0.05, 0) is 36.2 Å². The van der Waals surface area contributed by atoms with Gasteiger partial charge in [0, 0.05) is 11.8 Å². The summed E-state index contributed by atoms with van der Waals surface area (Å²) in [7, 11) is 0. The van der Waals surface area contributed by atoms with Gasteiger partial charge < -0.3 is 5.11 Å². The van der Waals surface area contributed by atoms with Crippen LogP contribution in [0.2, 0.25) is 0 Å². The molecule has 0 amide bonds. The maximum absolute atomic E-state index is 9.59. The van der Waals surface area contributed by atoms with Crippen LogP contribution in [-0.2, 0) is 0 Å². The lowest BCUT2D eigenvalue weighted by atomic mass is 10.1. The number of rotatable bonds is 1. The summed E-state index contributed by atoms with van der Waals surface area (Å²) in [5.41, 5.74) is 1.97. The van der Waals surface area contributed by atoms with E-state index in [1.165, 1.54) is 11.5 Å². The Morgan fingerprint density at radius 1 is 1.31 bits per heavy atom. The molecule has 1 N–H and O–H groups in total. The number of phenols is 1. The largest absolute Gasteiger partial charge is 0.507 e. The van der Waals surface area contributed by atoms with Crippen molar-refractivity contribution in [3.63, 3.8) is 0 Å². The first-order chi connectivity index (χ1) is 6.29. The molecule has 0 aliphatic rings. The predicted octanol–water partition coefficient (Wildman–Crippen LogP) is 2.82. The van der Waals surface area contributed by atoms with Crippen LogP contribution in [0.5, 0.6) is 5.75 Å². The Kier molecular flexibility index (Phi) is 2.02. The number of nitrogens with zero attached hydrogens (tertiary/aromatic N) is 1. The van der Waals surface area contributed by atoms with E-state index in [0.717, 1.165) is 16.0 Å². The molecule has 2 aromatic rings. The molecule has 1 aromatic carbocycles. The highest BCUT2D eigenvalue weighted by Gasteiger charge is 2.07. The van der Waals surface area contributed by atoms with Crippen molar-refractivity contribution in [2.24, 2.45) is 0 Å². The summed E-state index contributed by atoms with van der Waals surface area (Å²) in [6, 6.07) is 7.31. The van der Waals surface area contributed by atoms with Crippen LogP contribution >= 0.6 is 11.5 Å². The van der Waals surface area contributed by atoms with Gasteiger partial charge in [-0.2, -0.15) is 0 Å². The van der Waals surface area contributed by atoms with Crippen molar-refractivity contribution in [1.82, 2.24) is 4.37 Å². The summed E-state index contributed by atoms with van der Waals surface area (Å²) in [5, 5.41) is 9.59. The summed E-state index contributed by atoms with van der Waals surface area (Å²) < 4.78 is 4.07. The zero-order chi connectivity index (χ0) is 9.26. The van der Waals surface area contributed by atoms with E-state index in [4.69, 9.17) is 0 Å². The van der Waals surface area contributed by atoms with E-state index in [1.807, 2.05) is 31.3 Å². The first-order valence-corrected chi connectivity index (χ1v) is 4.76. The van der Waals surface area contributed by atoms with Crippen molar-refractivity contribution in [1.29, 1.82) is 0 Å². The highest BCUT2D eigenvalue weighted by molar-refractivity contribution is 7.09. The zero-order valence-corrected chi connectivity index (χ0v) is 8.01. The molecule has 0 atom stereocenters. The lowest BCUT2D eigenvalue weighted by molar-refractivity contribution is 0.477. The van der Waals surface area contributed by atoms with Crippen LogP contribution in [-0.4, -0.2) is 9.48 Å². The third-order valence-electron chi connectivity index (χ3n) is 1.90. The minimum atomic E-state index is 0.315. The van der Waals surface area contributed by atoms with Gasteiger partial charge in [-0.3, -0.25) is 0 Å². The quantitative estimate of drug-likeness (QED) is 0.751. The van der Waals surface area contributed by atoms with Gasteiger partial charge in [0.1, 0.15) is 5.75 Å². The van der Waals surface area contributed by atoms with Crippen LogP contribution < -0.4 is 0 Å². The third kappa shape index (κ3) is 1.42. The Labute approximate surface area is 80.6 Å². The van der Waals surface area contributed by atoms with Gasteiger partial charge in [0.05, 0.1) is 4.88 Å². The zero-order valence-electron chi connectivity index (χ0n) is 7.19. The predicted molar refractivity (Wildman–Crippen MR) is 54.0 cm³/mol. The highest BCUT2D eigenvalue weighted by Crippen LogP contribution is 2.33. The molecule has 0 aliphatic carbocycles. The molecule has 0 spiro atoms. The van der Waals surface area contributed by atoms with E-state index in [2.05, 4.69) is 4.37 Å². The Balaban J connectivity index is 2.59. The fourth-order valence-corrected chi connectivity index (χ4v) is 2.00. The fourth-order valence-electron chi connectivity index (χ4n) is 1.22. The molecule has 2 rings (SSSR count). The van der Waals surface area contributed by atoms with Crippen molar-refractivity contribution in [2.45, 2.75) is 6.92 Å². The highest BCUT2D eigenvalue weighted by atomic mass is 32.1. The average Bonchev–Trinajstić information content (AvgIpc) is 2.52. The average molecular weight is 191 g/mol. The number of aromatic nitrogens is 1. The maximum atomic E-state index is 9.59. The lowest BCUT2D eigenvalue weighted by Crippen LogP contribution is -1.76. The number of para-hydroxylation sites is 1. The molecule has 0 bridgehead atoms. The minimum absolute atomic E-state index is 0.315. The second-order valence-electron chi connectivity index (χ2n) is 2.86. The summed E-state index contributed by atoms with van der Waals surface area (Å²) in [6.07, 6.45) is 1.81. The van der Waals surface area contributed by atoms with Crippen LogP contribution in [0.15, 0.2) is 30.5 Å². The van der Waals surface area contributed by atoms with Crippen LogP contribution in [0.3, 0.4) is 0 Å². The van der Waals surface area contributed by atoms with Crippen LogP contribution in [0.1, 0.15) is 5.56 Å². The molecule has 13 heavy (non-hydrogen) atoms. The Hall–Kier alpha value is -1.35. The molecule has 3 heteroatoms. The standard InChI is InChI=1S/C10H9NOS/c1-7-6-11-13-10(7)8-4-2-3-5-9(8)12/h2-6,12H,1H3. The van der Waals surface area contributed by atoms with Crippen molar-refractivity contribution in [3.8, 4) is 16.2 Å². The summed E-state index contributed by atoms with van der Waals surface area (Å²) in [5.74, 6) is 0.315. The third-order valence-corrected chi connectivity index (χ3v) is 2.83. The van der Waals surface area contributed by atoms with Crippen LogP contribution in [0.4, 0.5) is 0 Å². The van der Waals surface area contributed by atoms with Crippen LogP contribution in [0, 0.1) is 6.92 Å². The monoisotopic (exact) mass is 191 g/mol. The number of benzene rings is 1. The number of hydrogen-bond acceptors (Lipinski definition) is 3. The topological polar surface area (TPSA) is 33.1 Å². The number of aromatic hydroxyl groups is 1. The van der Waals surface area contributed by atoms with Gasteiger partial charge in [0.2, 0.25) is 0 Å². The molecular formula is C10H9NOS. The SMILES string of the molecule is Cc1cnsc1-c1ccccc1O. The van der Waals surface area contributed by atoms with E-state index in [-0.39, 0.29) is 0 Å². The van der Waals surface area contributed by atoms with E-state index in [9.17, 15) is 5.11 Å². The molecule has 0 saturated carbocycles. The molecule has 0 radical (unpaired) electrons. The van der Waals surface area contributed by atoms with Crippen LogP contribution in [0.25, 0.3) is 10.4 Å². The van der Waals surface area contributed by atoms with E-state index in [1.54, 1.807) is 6.07 Å². The smallest absolute Gasteiger partial charge is 0.124 e. The molecule has 0 fully saturated rings. The van der Waals surface area contributed by atoms with E-state index < -0.39 is 0 Å². The van der Waals surface area contributed by atoms with Crippen molar-refractivity contribution in [3.05, 3.63) is 36.0 Å². The van der Waals surface area contributed by atoms with Gasteiger partial charge in [0.25, 0.3) is 0 Å².